The van der Waals surface area contributed by atoms with Crippen LogP contribution in [0.5, 0.6) is 0 Å². The molecule has 0 aliphatic heterocycles. The number of amides is 2. The number of benzene rings is 2. The molecule has 0 saturated heterocycles. The van der Waals surface area contributed by atoms with E-state index in [1.165, 1.54) is 24.3 Å². The zero-order valence-corrected chi connectivity index (χ0v) is 14.8. The molecule has 2 aromatic carbocycles. The number of rotatable bonds is 7. The predicted octanol–water partition coefficient (Wildman–Crippen LogP) is 2.87. The van der Waals surface area contributed by atoms with Crippen molar-refractivity contribution in [3.8, 4) is 0 Å². The summed E-state index contributed by atoms with van der Waals surface area (Å²) >= 11 is 1.06. The van der Waals surface area contributed by atoms with E-state index >= 15 is 0 Å². The van der Waals surface area contributed by atoms with Crippen LogP contribution in [0.2, 0.25) is 0 Å². The molecule has 0 spiro atoms. The summed E-state index contributed by atoms with van der Waals surface area (Å²) in [5.41, 5.74) is 1.03. The highest BCUT2D eigenvalue weighted by atomic mass is 32.2. The van der Waals surface area contributed by atoms with Gasteiger partial charge in [0.15, 0.2) is 0 Å². The van der Waals surface area contributed by atoms with Gasteiger partial charge >= 0.3 is 0 Å². The molecule has 0 aliphatic carbocycles. The molecule has 1 aromatic heterocycles. The van der Waals surface area contributed by atoms with E-state index < -0.39 is 0 Å². The van der Waals surface area contributed by atoms with Gasteiger partial charge in [-0.15, -0.1) is 10.2 Å². The van der Waals surface area contributed by atoms with Crippen molar-refractivity contribution < 1.29 is 18.4 Å². The van der Waals surface area contributed by atoms with Crippen molar-refractivity contribution in [2.45, 2.75) is 11.8 Å². The first-order chi connectivity index (χ1) is 13.1. The fraction of sp³-hybridized carbons (Fsp3) is 0.111. The van der Waals surface area contributed by atoms with E-state index in [2.05, 4.69) is 20.8 Å². The summed E-state index contributed by atoms with van der Waals surface area (Å²) in [6.07, 6.45) is 0. The van der Waals surface area contributed by atoms with E-state index in [1.54, 1.807) is 24.3 Å². The molecule has 0 aliphatic rings. The standard InChI is InChI=1S/C18H15FN4O3S/c19-13-6-8-14(9-7-13)21-15(24)11-27-18-23-22-16(26-18)10-20-17(25)12-4-2-1-3-5-12/h1-9H,10-11H2,(H,20,25)(H,21,24). The van der Waals surface area contributed by atoms with E-state index in [0.29, 0.717) is 11.3 Å². The minimum absolute atomic E-state index is 0.0510. The van der Waals surface area contributed by atoms with Crippen molar-refractivity contribution >= 4 is 29.3 Å². The highest BCUT2D eigenvalue weighted by Gasteiger charge is 2.11. The molecule has 7 nitrogen and oxygen atoms in total. The van der Waals surface area contributed by atoms with Crippen LogP contribution >= 0.6 is 11.8 Å². The molecular formula is C18H15FN4O3S. The molecule has 0 atom stereocenters. The van der Waals surface area contributed by atoms with Gasteiger partial charge in [-0.3, -0.25) is 9.59 Å². The molecule has 3 aromatic rings. The number of nitrogens with one attached hydrogen (secondary N) is 2. The third-order valence-corrected chi connectivity index (χ3v) is 4.16. The fourth-order valence-corrected chi connectivity index (χ4v) is 2.65. The van der Waals surface area contributed by atoms with Gasteiger partial charge in [0.05, 0.1) is 12.3 Å². The minimum Gasteiger partial charge on any atom is -0.414 e. The topological polar surface area (TPSA) is 97.1 Å². The van der Waals surface area contributed by atoms with Gasteiger partial charge in [0.25, 0.3) is 11.1 Å². The van der Waals surface area contributed by atoms with E-state index in [0.717, 1.165) is 11.8 Å². The zero-order valence-electron chi connectivity index (χ0n) is 14.0. The van der Waals surface area contributed by atoms with Gasteiger partial charge < -0.3 is 15.1 Å². The van der Waals surface area contributed by atoms with Crippen molar-refractivity contribution in [2.75, 3.05) is 11.1 Å². The number of nitrogens with zero attached hydrogens (tertiary/aromatic N) is 2. The second-order valence-electron chi connectivity index (χ2n) is 5.35. The third kappa shape index (κ3) is 5.65. The molecule has 138 valence electrons. The molecule has 1 heterocycles. The Morgan fingerprint density at radius 2 is 1.78 bits per heavy atom. The second kappa shape index (κ2) is 8.95. The van der Waals surface area contributed by atoms with Crippen LogP contribution in [-0.4, -0.2) is 27.8 Å². The Morgan fingerprint density at radius 1 is 1.04 bits per heavy atom. The average molecular weight is 386 g/mol. The van der Waals surface area contributed by atoms with Crippen LogP contribution in [0.3, 0.4) is 0 Å². The van der Waals surface area contributed by atoms with Crippen molar-refractivity contribution in [1.29, 1.82) is 0 Å². The van der Waals surface area contributed by atoms with Crippen molar-refractivity contribution in [2.24, 2.45) is 0 Å². The van der Waals surface area contributed by atoms with E-state index in [4.69, 9.17) is 4.42 Å². The van der Waals surface area contributed by atoms with E-state index in [1.807, 2.05) is 6.07 Å². The van der Waals surface area contributed by atoms with Crippen LogP contribution in [-0.2, 0) is 11.3 Å². The maximum atomic E-state index is 12.8. The van der Waals surface area contributed by atoms with Crippen LogP contribution in [0, 0.1) is 5.82 Å². The number of hydrogen-bond acceptors (Lipinski definition) is 6. The van der Waals surface area contributed by atoms with Crippen LogP contribution in [0.4, 0.5) is 10.1 Å². The second-order valence-corrected chi connectivity index (χ2v) is 6.28. The predicted molar refractivity (Wildman–Crippen MR) is 97.7 cm³/mol. The van der Waals surface area contributed by atoms with Crippen LogP contribution < -0.4 is 10.6 Å². The first kappa shape index (κ1) is 18.6. The lowest BCUT2D eigenvalue weighted by Gasteiger charge is -2.03. The highest BCUT2D eigenvalue weighted by molar-refractivity contribution is 7.99. The number of anilines is 1. The van der Waals surface area contributed by atoms with Gasteiger partial charge in [-0.1, -0.05) is 30.0 Å². The van der Waals surface area contributed by atoms with E-state index in [9.17, 15) is 14.0 Å². The molecule has 0 unspecified atom stereocenters. The molecule has 0 bridgehead atoms. The molecule has 0 radical (unpaired) electrons. The summed E-state index contributed by atoms with van der Waals surface area (Å²) < 4.78 is 18.2. The summed E-state index contributed by atoms with van der Waals surface area (Å²) in [4.78, 5) is 23.8. The molecule has 0 saturated carbocycles. The van der Waals surface area contributed by atoms with Crippen molar-refractivity contribution in [3.63, 3.8) is 0 Å². The molecule has 2 amide bonds. The number of aromatic nitrogens is 2. The Labute approximate surface area is 158 Å². The first-order valence-corrected chi connectivity index (χ1v) is 8.92. The van der Waals surface area contributed by atoms with Gasteiger partial charge in [-0.2, -0.15) is 0 Å². The van der Waals surface area contributed by atoms with Gasteiger partial charge in [-0.25, -0.2) is 4.39 Å². The molecule has 2 N–H and O–H groups in total. The number of carbonyl (C=O) groups excluding carboxylic acids is 2. The lowest BCUT2D eigenvalue weighted by Crippen LogP contribution is -2.22. The summed E-state index contributed by atoms with van der Waals surface area (Å²) in [5.74, 6) is -0.624. The molecule has 3 rings (SSSR count). The van der Waals surface area contributed by atoms with Crippen molar-refractivity contribution in [3.05, 3.63) is 71.9 Å². The average Bonchev–Trinajstić information content (AvgIpc) is 3.15. The summed E-state index contributed by atoms with van der Waals surface area (Å²) in [6, 6.07) is 14.2. The van der Waals surface area contributed by atoms with Gasteiger partial charge in [0, 0.05) is 11.3 Å². The number of halogens is 1. The molecule has 9 heteroatoms. The largest absolute Gasteiger partial charge is 0.414 e. The van der Waals surface area contributed by atoms with Gasteiger partial charge in [0.2, 0.25) is 11.8 Å². The Morgan fingerprint density at radius 3 is 2.52 bits per heavy atom. The lowest BCUT2D eigenvalue weighted by atomic mass is 10.2. The third-order valence-electron chi connectivity index (χ3n) is 3.34. The van der Waals surface area contributed by atoms with Gasteiger partial charge in [-0.05, 0) is 36.4 Å². The SMILES string of the molecule is O=C(CSc1nnc(CNC(=O)c2ccccc2)o1)Nc1ccc(F)cc1. The number of thioether (sulfide) groups is 1. The Balaban J connectivity index is 1.44. The maximum Gasteiger partial charge on any atom is 0.277 e. The Kier molecular flexibility index (Phi) is 6.16. The number of carbonyl (C=O) groups is 2. The molecule has 0 fully saturated rings. The monoisotopic (exact) mass is 386 g/mol. The summed E-state index contributed by atoms with van der Waals surface area (Å²) in [5, 5.41) is 13.2. The van der Waals surface area contributed by atoms with Crippen LogP contribution in [0.25, 0.3) is 0 Å². The fourth-order valence-electron chi connectivity index (χ4n) is 2.07. The summed E-state index contributed by atoms with van der Waals surface area (Å²) in [6.45, 7) is 0.0864. The summed E-state index contributed by atoms with van der Waals surface area (Å²) in [7, 11) is 0. The smallest absolute Gasteiger partial charge is 0.277 e. The zero-order chi connectivity index (χ0) is 19.1. The van der Waals surface area contributed by atoms with E-state index in [-0.39, 0.29) is 41.0 Å². The Hall–Kier alpha value is -3.20. The first-order valence-electron chi connectivity index (χ1n) is 7.94. The molecule has 27 heavy (non-hydrogen) atoms. The van der Waals surface area contributed by atoms with Crippen LogP contribution in [0.15, 0.2) is 64.2 Å². The maximum absolute atomic E-state index is 12.8. The van der Waals surface area contributed by atoms with Crippen LogP contribution in [0.1, 0.15) is 16.2 Å². The number of hydrogen-bond donors (Lipinski definition) is 2. The molecular weight excluding hydrogens is 371 g/mol. The highest BCUT2D eigenvalue weighted by Crippen LogP contribution is 2.17. The minimum atomic E-state index is -0.375. The lowest BCUT2D eigenvalue weighted by molar-refractivity contribution is -0.113. The normalized spacial score (nSPS) is 10.4. The Bertz CT molecular complexity index is 916. The quantitative estimate of drug-likeness (QED) is 0.606. The van der Waals surface area contributed by atoms with Crippen molar-refractivity contribution in [1.82, 2.24) is 15.5 Å². The van der Waals surface area contributed by atoms with Gasteiger partial charge in [0.1, 0.15) is 5.82 Å².